The molecule has 2 heteroatoms. The van der Waals surface area contributed by atoms with Crippen molar-refractivity contribution in [1.82, 2.24) is 10.6 Å². The van der Waals surface area contributed by atoms with Crippen LogP contribution in [0.1, 0.15) is 33.6 Å². The fourth-order valence-corrected chi connectivity index (χ4v) is 2.15. The average molecular weight is 198 g/mol. The van der Waals surface area contributed by atoms with E-state index in [-0.39, 0.29) is 0 Å². The lowest BCUT2D eigenvalue weighted by Crippen LogP contribution is -2.27. The summed E-state index contributed by atoms with van der Waals surface area (Å²) in [5, 5.41) is 6.77. The predicted molar refractivity (Wildman–Crippen MR) is 62.4 cm³/mol. The van der Waals surface area contributed by atoms with Gasteiger partial charge in [0.05, 0.1) is 0 Å². The molecule has 2 nitrogen and oxygen atoms in total. The van der Waals surface area contributed by atoms with Crippen LogP contribution in [-0.4, -0.2) is 26.2 Å². The van der Waals surface area contributed by atoms with E-state index in [9.17, 15) is 0 Å². The van der Waals surface area contributed by atoms with Crippen molar-refractivity contribution in [3.63, 3.8) is 0 Å². The molecule has 1 saturated carbocycles. The molecular weight excluding hydrogens is 172 g/mol. The van der Waals surface area contributed by atoms with Crippen LogP contribution in [0.2, 0.25) is 0 Å². The Kier molecular flexibility index (Phi) is 4.90. The first-order valence-electron chi connectivity index (χ1n) is 6.04. The van der Waals surface area contributed by atoms with Crippen LogP contribution in [0.15, 0.2) is 0 Å². The zero-order chi connectivity index (χ0) is 10.6. The summed E-state index contributed by atoms with van der Waals surface area (Å²) in [7, 11) is 2.03. The van der Waals surface area contributed by atoms with E-state index in [1.807, 2.05) is 7.05 Å². The Morgan fingerprint density at radius 1 is 1.14 bits per heavy atom. The van der Waals surface area contributed by atoms with Crippen LogP contribution in [0.25, 0.3) is 0 Å². The van der Waals surface area contributed by atoms with Crippen LogP contribution in [0.3, 0.4) is 0 Å². The number of rotatable bonds is 7. The summed E-state index contributed by atoms with van der Waals surface area (Å²) in [5.74, 6) is 2.96. The first kappa shape index (κ1) is 12.0. The molecule has 0 aliphatic heterocycles. The highest BCUT2D eigenvalue weighted by Gasteiger charge is 2.41. The average Bonchev–Trinajstić information content (AvgIpc) is 2.74. The van der Waals surface area contributed by atoms with Crippen molar-refractivity contribution in [2.45, 2.75) is 39.7 Å². The van der Waals surface area contributed by atoms with Crippen molar-refractivity contribution in [3.05, 3.63) is 0 Å². The van der Waals surface area contributed by atoms with Crippen molar-refractivity contribution in [2.75, 3.05) is 20.1 Å². The molecule has 84 valence electrons. The second-order valence-electron chi connectivity index (χ2n) is 4.90. The Morgan fingerprint density at radius 3 is 2.29 bits per heavy atom. The lowest BCUT2D eigenvalue weighted by atomic mass is 10.2. The summed E-state index contributed by atoms with van der Waals surface area (Å²) in [6.45, 7) is 9.33. The minimum Gasteiger partial charge on any atom is -0.317 e. The lowest BCUT2D eigenvalue weighted by molar-refractivity contribution is 0.511. The molecule has 0 aromatic heterocycles. The molecule has 0 amide bonds. The molecular formula is C12H26N2. The van der Waals surface area contributed by atoms with Crippen LogP contribution in [0.5, 0.6) is 0 Å². The molecule has 3 unspecified atom stereocenters. The maximum atomic E-state index is 3.52. The molecule has 1 aliphatic rings. The first-order chi connectivity index (χ1) is 6.66. The Hall–Kier alpha value is -0.0800. The Labute approximate surface area is 88.8 Å². The Morgan fingerprint density at radius 2 is 1.79 bits per heavy atom. The molecule has 1 aliphatic carbocycles. The van der Waals surface area contributed by atoms with E-state index in [1.165, 1.54) is 19.4 Å². The van der Waals surface area contributed by atoms with Gasteiger partial charge in [-0.25, -0.2) is 0 Å². The van der Waals surface area contributed by atoms with Crippen molar-refractivity contribution >= 4 is 0 Å². The van der Waals surface area contributed by atoms with Gasteiger partial charge in [0, 0.05) is 6.04 Å². The lowest BCUT2D eigenvalue weighted by Gasteiger charge is -2.10. The molecule has 0 saturated heterocycles. The summed E-state index contributed by atoms with van der Waals surface area (Å²) in [6.07, 6.45) is 2.60. The van der Waals surface area contributed by atoms with E-state index in [4.69, 9.17) is 0 Å². The van der Waals surface area contributed by atoms with Crippen molar-refractivity contribution in [1.29, 1.82) is 0 Å². The monoisotopic (exact) mass is 198 g/mol. The largest absolute Gasteiger partial charge is 0.317 e. The Bertz CT molecular complexity index is 150. The fraction of sp³-hybridized carbons (Fsp3) is 1.00. The van der Waals surface area contributed by atoms with Gasteiger partial charge in [0.1, 0.15) is 0 Å². The summed E-state index contributed by atoms with van der Waals surface area (Å²) >= 11 is 0. The second kappa shape index (κ2) is 5.72. The van der Waals surface area contributed by atoms with Gasteiger partial charge < -0.3 is 10.6 Å². The van der Waals surface area contributed by atoms with Gasteiger partial charge in [0.2, 0.25) is 0 Å². The van der Waals surface area contributed by atoms with E-state index in [0.29, 0.717) is 6.04 Å². The third-order valence-electron chi connectivity index (χ3n) is 3.94. The zero-order valence-corrected chi connectivity index (χ0v) is 10.1. The van der Waals surface area contributed by atoms with Crippen molar-refractivity contribution in [3.8, 4) is 0 Å². The third-order valence-corrected chi connectivity index (χ3v) is 3.94. The molecule has 0 aromatic carbocycles. The summed E-state index contributed by atoms with van der Waals surface area (Å²) in [6, 6.07) is 0.640. The highest BCUT2D eigenvalue weighted by molar-refractivity contribution is 4.90. The first-order valence-corrected chi connectivity index (χ1v) is 6.04. The van der Waals surface area contributed by atoms with Crippen LogP contribution in [0.4, 0.5) is 0 Å². The fourth-order valence-electron chi connectivity index (χ4n) is 2.15. The molecule has 0 bridgehead atoms. The highest BCUT2D eigenvalue weighted by Crippen LogP contribution is 2.47. The Balaban J connectivity index is 1.86. The summed E-state index contributed by atoms with van der Waals surface area (Å²) in [4.78, 5) is 0. The summed E-state index contributed by atoms with van der Waals surface area (Å²) in [5.41, 5.74) is 0. The topological polar surface area (TPSA) is 24.1 Å². The SMILES string of the molecule is CNC(C)CCNCCC1C(C)C1C. The van der Waals surface area contributed by atoms with E-state index < -0.39 is 0 Å². The third kappa shape index (κ3) is 3.58. The van der Waals surface area contributed by atoms with Crippen LogP contribution in [0, 0.1) is 17.8 Å². The molecule has 1 fully saturated rings. The van der Waals surface area contributed by atoms with Gasteiger partial charge in [-0.2, -0.15) is 0 Å². The quantitative estimate of drug-likeness (QED) is 0.610. The van der Waals surface area contributed by atoms with E-state index in [2.05, 4.69) is 31.4 Å². The molecule has 0 spiro atoms. The molecule has 0 radical (unpaired) electrons. The normalized spacial score (nSPS) is 33.0. The summed E-state index contributed by atoms with van der Waals surface area (Å²) < 4.78 is 0. The van der Waals surface area contributed by atoms with Gasteiger partial charge in [-0.15, -0.1) is 0 Å². The second-order valence-corrected chi connectivity index (χ2v) is 4.90. The van der Waals surface area contributed by atoms with Crippen LogP contribution >= 0.6 is 0 Å². The molecule has 0 heterocycles. The minimum atomic E-state index is 0.640. The zero-order valence-electron chi connectivity index (χ0n) is 10.1. The van der Waals surface area contributed by atoms with Crippen LogP contribution in [-0.2, 0) is 0 Å². The molecule has 14 heavy (non-hydrogen) atoms. The van der Waals surface area contributed by atoms with E-state index in [1.54, 1.807) is 0 Å². The van der Waals surface area contributed by atoms with Crippen molar-refractivity contribution < 1.29 is 0 Å². The number of hydrogen-bond donors (Lipinski definition) is 2. The maximum Gasteiger partial charge on any atom is 0.00478 e. The van der Waals surface area contributed by atoms with Gasteiger partial charge in [-0.3, -0.25) is 0 Å². The van der Waals surface area contributed by atoms with Gasteiger partial charge in [-0.1, -0.05) is 13.8 Å². The molecule has 2 N–H and O–H groups in total. The molecule has 3 atom stereocenters. The smallest absolute Gasteiger partial charge is 0.00478 e. The highest BCUT2D eigenvalue weighted by atomic mass is 14.9. The van der Waals surface area contributed by atoms with Gasteiger partial charge in [0.15, 0.2) is 0 Å². The molecule has 1 rings (SSSR count). The predicted octanol–water partition coefficient (Wildman–Crippen LogP) is 1.87. The van der Waals surface area contributed by atoms with Gasteiger partial charge in [-0.05, 0) is 57.7 Å². The molecule has 0 aromatic rings. The van der Waals surface area contributed by atoms with E-state index >= 15 is 0 Å². The maximum absolute atomic E-state index is 3.52. The standard InChI is InChI=1S/C12H26N2/c1-9(13-4)5-7-14-8-6-12-10(2)11(12)3/h9-14H,5-8H2,1-4H3. The van der Waals surface area contributed by atoms with Gasteiger partial charge in [0.25, 0.3) is 0 Å². The minimum absolute atomic E-state index is 0.640. The van der Waals surface area contributed by atoms with E-state index in [0.717, 1.165) is 24.3 Å². The van der Waals surface area contributed by atoms with Crippen molar-refractivity contribution in [2.24, 2.45) is 17.8 Å². The number of hydrogen-bond acceptors (Lipinski definition) is 2. The van der Waals surface area contributed by atoms with Crippen LogP contribution < -0.4 is 10.6 Å². The number of nitrogens with one attached hydrogen (secondary N) is 2. The van der Waals surface area contributed by atoms with Gasteiger partial charge >= 0.3 is 0 Å².